The highest BCUT2D eigenvalue weighted by Gasteiger charge is 2.59. The van der Waals surface area contributed by atoms with Crippen LogP contribution in [0.4, 0.5) is 0 Å². The summed E-state index contributed by atoms with van der Waals surface area (Å²) in [5.41, 5.74) is 0. The van der Waals surface area contributed by atoms with Crippen LogP contribution in [-0.2, 0) is 80.9 Å². The molecule has 236 valence electrons. The van der Waals surface area contributed by atoms with Crippen LogP contribution in [-0.4, -0.2) is 116 Å². The van der Waals surface area contributed by atoms with Crippen LogP contribution in [0.2, 0.25) is 0 Å². The Bertz CT molecular complexity index is 1060. The molecule has 2 fully saturated rings. The van der Waals surface area contributed by atoms with E-state index in [9.17, 15) is 33.6 Å². The summed E-state index contributed by atoms with van der Waals surface area (Å²) in [5, 5.41) is -1.32. The first kappa shape index (κ1) is 34.8. The third kappa shape index (κ3) is 8.83. The minimum absolute atomic E-state index is 0.891. The van der Waals surface area contributed by atoms with Crippen molar-refractivity contribution in [1.29, 1.82) is 0 Å². The lowest BCUT2D eigenvalue weighted by molar-refractivity contribution is -0.331. The van der Waals surface area contributed by atoms with Crippen LogP contribution in [0.1, 0.15) is 34.6 Å². The quantitative estimate of drug-likeness (QED) is 0.167. The van der Waals surface area contributed by atoms with Crippen molar-refractivity contribution in [3.8, 4) is 0 Å². The van der Waals surface area contributed by atoms with Gasteiger partial charge in [0.25, 0.3) is 0 Å². The molecule has 0 aromatic heterocycles. The van der Waals surface area contributed by atoms with Gasteiger partial charge in [0.1, 0.15) is 11.1 Å². The molecule has 0 unspecified atom stereocenters. The predicted molar refractivity (Wildman–Crippen MR) is 133 cm³/mol. The molecule has 2 heterocycles. The van der Waals surface area contributed by atoms with E-state index in [0.29, 0.717) is 0 Å². The van der Waals surface area contributed by atoms with E-state index >= 15 is 0 Å². The van der Waals surface area contributed by atoms with Gasteiger partial charge in [0.05, 0.1) is 14.2 Å². The second-order valence-corrected chi connectivity index (χ2v) is 9.75. The van der Waals surface area contributed by atoms with Crippen LogP contribution in [0.3, 0.4) is 0 Å². The average molecular weight is 671 g/mol. The summed E-state index contributed by atoms with van der Waals surface area (Å²) in [6, 6.07) is 0. The second-order valence-electron chi connectivity index (χ2n) is 8.85. The van der Waals surface area contributed by atoms with Crippen molar-refractivity contribution < 1.29 is 80.9 Å². The zero-order valence-corrected chi connectivity index (χ0v) is 25.2. The molecular weight excluding hydrogens is 640 g/mol. The molecule has 2 saturated heterocycles. The summed E-state index contributed by atoms with van der Waals surface area (Å²) in [7, 11) is 2.05. The standard InChI is InChI=1S/C24H31BrO17/c1-8(26)35-13-14(36-9(2)27)18(22(31)33-6)40-21(25)17(13)41-24-20(39-12(5)30)16(38-11(4)29)15(37-10(3)28)19(42-24)23(32)34-7/h13-21,24H,1-7H3/t13-,14-,15-,16-,17+,18-,19-,20+,21-,24+/m0/s1. The minimum atomic E-state index is -1.84. The first-order valence-corrected chi connectivity index (χ1v) is 13.1. The van der Waals surface area contributed by atoms with E-state index in [1.165, 1.54) is 0 Å². The highest BCUT2D eigenvalue weighted by atomic mass is 79.9. The molecule has 17 nitrogen and oxygen atoms in total. The van der Waals surface area contributed by atoms with Crippen molar-refractivity contribution in [3.63, 3.8) is 0 Å². The van der Waals surface area contributed by atoms with Gasteiger partial charge in [0, 0.05) is 34.6 Å². The van der Waals surface area contributed by atoms with Gasteiger partial charge in [-0.25, -0.2) is 9.59 Å². The Hall–Kier alpha value is -3.35. The van der Waals surface area contributed by atoms with Gasteiger partial charge in [-0.3, -0.25) is 24.0 Å². The number of ether oxygens (including phenoxy) is 10. The molecule has 0 radical (unpaired) electrons. The van der Waals surface area contributed by atoms with E-state index < -0.39 is 102 Å². The summed E-state index contributed by atoms with van der Waals surface area (Å²) in [6.07, 6.45) is -15.0. The van der Waals surface area contributed by atoms with Gasteiger partial charge in [0.15, 0.2) is 49.0 Å². The second kappa shape index (κ2) is 15.2. The van der Waals surface area contributed by atoms with Crippen LogP contribution in [0, 0.1) is 0 Å². The molecule has 42 heavy (non-hydrogen) atoms. The zero-order valence-electron chi connectivity index (χ0n) is 23.6. The van der Waals surface area contributed by atoms with Gasteiger partial charge >= 0.3 is 41.8 Å². The first-order valence-electron chi connectivity index (χ1n) is 12.2. The van der Waals surface area contributed by atoms with Crippen LogP contribution in [0.5, 0.6) is 0 Å². The molecule has 2 aliphatic rings. The van der Waals surface area contributed by atoms with Crippen molar-refractivity contribution in [2.24, 2.45) is 0 Å². The minimum Gasteiger partial charge on any atom is -0.467 e. The molecular formula is C24H31BrO17. The maximum atomic E-state index is 12.7. The fraction of sp³-hybridized carbons (Fsp3) is 0.708. The topological polar surface area (TPSA) is 212 Å². The molecule has 0 aromatic rings. The average Bonchev–Trinajstić information content (AvgIpc) is 2.88. The molecule has 0 spiro atoms. The Kier molecular flexibility index (Phi) is 12.6. The summed E-state index contributed by atoms with van der Waals surface area (Å²) < 4.78 is 53.3. The van der Waals surface area contributed by atoms with Gasteiger partial charge in [-0.05, 0) is 0 Å². The number of rotatable bonds is 9. The monoisotopic (exact) mass is 670 g/mol. The highest BCUT2D eigenvalue weighted by Crippen LogP contribution is 2.36. The largest absolute Gasteiger partial charge is 0.467 e. The Morgan fingerprint density at radius 2 is 0.833 bits per heavy atom. The summed E-state index contributed by atoms with van der Waals surface area (Å²) in [4.78, 5) is 85.2. The molecule has 0 aromatic carbocycles. The molecule has 2 rings (SSSR count). The van der Waals surface area contributed by atoms with E-state index in [2.05, 4.69) is 15.9 Å². The normalized spacial score (nSPS) is 32.4. The van der Waals surface area contributed by atoms with Crippen molar-refractivity contribution in [3.05, 3.63) is 0 Å². The van der Waals surface area contributed by atoms with Crippen molar-refractivity contribution in [1.82, 2.24) is 0 Å². The number of esters is 7. The van der Waals surface area contributed by atoms with Gasteiger partial charge in [0.2, 0.25) is 0 Å². The summed E-state index contributed by atoms with van der Waals surface area (Å²) in [6.45, 7) is 5.07. The van der Waals surface area contributed by atoms with Crippen molar-refractivity contribution >= 4 is 57.7 Å². The van der Waals surface area contributed by atoms with Gasteiger partial charge in [-0.1, -0.05) is 15.9 Å². The van der Waals surface area contributed by atoms with Crippen molar-refractivity contribution in [2.75, 3.05) is 14.2 Å². The number of halogens is 1. The molecule has 2 aliphatic heterocycles. The fourth-order valence-electron chi connectivity index (χ4n) is 4.24. The number of alkyl halides is 1. The molecule has 0 saturated carbocycles. The van der Waals surface area contributed by atoms with E-state index in [1.54, 1.807) is 0 Å². The Labute approximate surface area is 247 Å². The van der Waals surface area contributed by atoms with Gasteiger partial charge in [-0.2, -0.15) is 0 Å². The van der Waals surface area contributed by atoms with Crippen LogP contribution in [0.25, 0.3) is 0 Å². The van der Waals surface area contributed by atoms with E-state index in [4.69, 9.17) is 47.4 Å². The molecule has 10 atom stereocenters. The number of carbonyl (C=O) groups excluding carboxylic acids is 7. The van der Waals surface area contributed by atoms with Crippen LogP contribution >= 0.6 is 15.9 Å². The number of carbonyl (C=O) groups is 7. The highest BCUT2D eigenvalue weighted by molar-refractivity contribution is 9.09. The van der Waals surface area contributed by atoms with Crippen LogP contribution < -0.4 is 0 Å². The maximum Gasteiger partial charge on any atom is 0.339 e. The Balaban J connectivity index is 2.64. The molecule has 0 amide bonds. The lowest BCUT2D eigenvalue weighted by Crippen LogP contribution is -2.67. The lowest BCUT2D eigenvalue weighted by Gasteiger charge is -2.47. The Morgan fingerprint density at radius 1 is 0.500 bits per heavy atom. The van der Waals surface area contributed by atoms with Gasteiger partial charge < -0.3 is 47.4 Å². The van der Waals surface area contributed by atoms with E-state index in [-0.39, 0.29) is 0 Å². The molecule has 0 N–H and O–H groups in total. The number of methoxy groups -OCH3 is 2. The lowest BCUT2D eigenvalue weighted by atomic mass is 9.96. The smallest absolute Gasteiger partial charge is 0.339 e. The predicted octanol–water partition coefficient (Wildman–Crippen LogP) is -0.779. The third-order valence-corrected chi connectivity index (χ3v) is 6.38. The fourth-order valence-corrected chi connectivity index (χ4v) is 4.90. The van der Waals surface area contributed by atoms with Crippen LogP contribution in [0.15, 0.2) is 0 Å². The first-order chi connectivity index (χ1) is 19.6. The summed E-state index contributed by atoms with van der Waals surface area (Å²) in [5.74, 6) is -6.63. The van der Waals surface area contributed by atoms with Gasteiger partial charge in [-0.15, -0.1) is 0 Å². The van der Waals surface area contributed by atoms with E-state index in [1.807, 2.05) is 0 Å². The number of hydrogen-bond acceptors (Lipinski definition) is 17. The Morgan fingerprint density at radius 3 is 1.21 bits per heavy atom. The molecule has 0 bridgehead atoms. The summed E-state index contributed by atoms with van der Waals surface area (Å²) >= 11 is 3.18. The molecule has 0 aliphatic carbocycles. The molecule has 18 heteroatoms. The zero-order chi connectivity index (χ0) is 31.9. The van der Waals surface area contributed by atoms with Crippen molar-refractivity contribution in [2.45, 2.75) is 94.8 Å². The number of hydrogen-bond donors (Lipinski definition) is 0. The third-order valence-electron chi connectivity index (χ3n) is 5.64. The van der Waals surface area contributed by atoms with E-state index in [0.717, 1.165) is 48.8 Å². The maximum absolute atomic E-state index is 12.7. The SMILES string of the molecule is COC(=O)[C@H]1O[C@H](Br)[C@H](O[C@@H]2O[C@H](C(=O)OC)[C@@H](OC(C)=O)[C@H](OC(C)=O)[C@H]2OC(C)=O)[C@@H](OC(C)=O)[C@@H]1OC(C)=O.